The van der Waals surface area contributed by atoms with Crippen LogP contribution < -0.4 is 16.0 Å². The Morgan fingerprint density at radius 2 is 1.95 bits per heavy atom. The molecule has 0 atom stereocenters. The first-order valence-corrected chi connectivity index (χ1v) is 6.52. The van der Waals surface area contributed by atoms with Gasteiger partial charge in [-0.3, -0.25) is 0 Å². The van der Waals surface area contributed by atoms with E-state index >= 15 is 0 Å². The monoisotopic (exact) mass is 289 g/mol. The van der Waals surface area contributed by atoms with Gasteiger partial charge in [0.2, 0.25) is 0 Å². The first-order chi connectivity index (χ1) is 10.1. The van der Waals surface area contributed by atoms with Crippen LogP contribution in [0.2, 0.25) is 0 Å². The molecule has 2 aromatic carbocycles. The van der Waals surface area contributed by atoms with Gasteiger partial charge in [-0.25, -0.2) is 13.6 Å². The van der Waals surface area contributed by atoms with Crippen molar-refractivity contribution < 1.29 is 13.6 Å². The summed E-state index contributed by atoms with van der Waals surface area (Å²) < 4.78 is 26.2. The van der Waals surface area contributed by atoms with E-state index in [9.17, 15) is 13.6 Å². The topological polar surface area (TPSA) is 53.2 Å². The van der Waals surface area contributed by atoms with Crippen LogP contribution >= 0.6 is 0 Å². The molecule has 1 aliphatic rings. The predicted molar refractivity (Wildman–Crippen MR) is 77.6 cm³/mol. The van der Waals surface area contributed by atoms with Crippen molar-refractivity contribution in [3.63, 3.8) is 0 Å². The van der Waals surface area contributed by atoms with Gasteiger partial charge in [0.25, 0.3) is 0 Å². The Morgan fingerprint density at radius 1 is 1.10 bits per heavy atom. The normalized spacial score (nSPS) is 12.5. The number of carbonyl (C=O) groups excluding carboxylic acids is 1. The van der Waals surface area contributed by atoms with Gasteiger partial charge in [-0.2, -0.15) is 0 Å². The number of hydrogen-bond donors (Lipinski definition) is 3. The van der Waals surface area contributed by atoms with E-state index in [2.05, 4.69) is 16.0 Å². The van der Waals surface area contributed by atoms with Crippen molar-refractivity contribution in [3.8, 4) is 0 Å². The molecule has 1 heterocycles. The number of fused-ring (bicyclic) bond motifs is 1. The van der Waals surface area contributed by atoms with E-state index in [1.807, 2.05) is 12.1 Å². The summed E-state index contributed by atoms with van der Waals surface area (Å²) in [7, 11) is 0. The van der Waals surface area contributed by atoms with Crippen molar-refractivity contribution in [2.45, 2.75) is 6.42 Å². The molecule has 2 amide bonds. The number of hydrogen-bond acceptors (Lipinski definition) is 2. The van der Waals surface area contributed by atoms with Crippen LogP contribution in [0.25, 0.3) is 0 Å². The fourth-order valence-electron chi connectivity index (χ4n) is 2.26. The second kappa shape index (κ2) is 5.40. The van der Waals surface area contributed by atoms with Gasteiger partial charge < -0.3 is 16.0 Å². The van der Waals surface area contributed by atoms with E-state index in [4.69, 9.17) is 0 Å². The largest absolute Gasteiger partial charge is 0.384 e. The van der Waals surface area contributed by atoms with Crippen LogP contribution in [-0.2, 0) is 6.42 Å². The van der Waals surface area contributed by atoms with Crippen molar-refractivity contribution in [2.24, 2.45) is 0 Å². The Labute approximate surface area is 120 Å². The van der Waals surface area contributed by atoms with Crippen molar-refractivity contribution in [2.75, 3.05) is 22.5 Å². The van der Waals surface area contributed by atoms with Gasteiger partial charge in [0.1, 0.15) is 11.6 Å². The molecule has 2 aromatic rings. The average molecular weight is 289 g/mol. The molecule has 108 valence electrons. The van der Waals surface area contributed by atoms with Gasteiger partial charge in [0, 0.05) is 24.0 Å². The van der Waals surface area contributed by atoms with Gasteiger partial charge >= 0.3 is 6.03 Å². The van der Waals surface area contributed by atoms with Crippen molar-refractivity contribution >= 4 is 23.1 Å². The van der Waals surface area contributed by atoms with Crippen LogP contribution in [0.4, 0.5) is 30.6 Å². The number of rotatable bonds is 2. The Kier molecular flexibility index (Phi) is 3.43. The second-order valence-electron chi connectivity index (χ2n) is 4.75. The highest BCUT2D eigenvalue weighted by Gasteiger charge is 2.12. The molecule has 4 nitrogen and oxygen atoms in total. The average Bonchev–Trinajstić information content (AvgIpc) is 2.89. The van der Waals surface area contributed by atoms with E-state index in [0.29, 0.717) is 5.69 Å². The molecule has 0 aliphatic carbocycles. The number of carbonyl (C=O) groups is 1. The van der Waals surface area contributed by atoms with Gasteiger partial charge in [0.05, 0.1) is 5.69 Å². The Hall–Kier alpha value is -2.63. The molecule has 3 rings (SSSR count). The zero-order valence-electron chi connectivity index (χ0n) is 11.0. The first-order valence-electron chi connectivity index (χ1n) is 6.52. The molecule has 0 saturated carbocycles. The van der Waals surface area contributed by atoms with Crippen LogP contribution in [0.5, 0.6) is 0 Å². The fraction of sp³-hybridized carbons (Fsp3) is 0.133. The fourth-order valence-corrected chi connectivity index (χ4v) is 2.26. The summed E-state index contributed by atoms with van der Waals surface area (Å²) in [5.41, 5.74) is 2.74. The Balaban J connectivity index is 1.69. The molecular weight excluding hydrogens is 276 g/mol. The maximum absolute atomic E-state index is 13.4. The van der Waals surface area contributed by atoms with E-state index in [1.165, 1.54) is 6.07 Å². The smallest absolute Gasteiger partial charge is 0.323 e. The molecule has 0 saturated heterocycles. The summed E-state index contributed by atoms with van der Waals surface area (Å²) in [6, 6.07) is 7.92. The molecule has 1 aliphatic heterocycles. The SMILES string of the molecule is O=C(Nc1ccc2c(c1)CCN2)Nc1ccc(F)cc1F. The minimum Gasteiger partial charge on any atom is -0.384 e. The molecular formula is C15H13F2N3O. The van der Waals surface area contributed by atoms with E-state index < -0.39 is 17.7 Å². The van der Waals surface area contributed by atoms with Crippen LogP contribution in [-0.4, -0.2) is 12.6 Å². The Morgan fingerprint density at radius 3 is 2.76 bits per heavy atom. The van der Waals surface area contributed by atoms with E-state index in [-0.39, 0.29) is 5.69 Å². The molecule has 0 unspecified atom stereocenters. The third kappa shape index (κ3) is 2.94. The van der Waals surface area contributed by atoms with Crippen molar-refractivity contribution in [1.29, 1.82) is 0 Å². The maximum atomic E-state index is 13.4. The van der Waals surface area contributed by atoms with Crippen LogP contribution in [0, 0.1) is 11.6 Å². The van der Waals surface area contributed by atoms with Gasteiger partial charge in [-0.15, -0.1) is 0 Å². The number of nitrogens with one attached hydrogen (secondary N) is 3. The molecule has 0 aromatic heterocycles. The summed E-state index contributed by atoms with van der Waals surface area (Å²) in [5, 5.41) is 8.19. The molecule has 6 heteroatoms. The summed E-state index contributed by atoms with van der Waals surface area (Å²) >= 11 is 0. The third-order valence-corrected chi connectivity index (χ3v) is 3.25. The highest BCUT2D eigenvalue weighted by Crippen LogP contribution is 2.25. The maximum Gasteiger partial charge on any atom is 0.323 e. The molecule has 0 radical (unpaired) electrons. The molecule has 0 fully saturated rings. The second-order valence-corrected chi connectivity index (χ2v) is 4.75. The van der Waals surface area contributed by atoms with Crippen LogP contribution in [0.3, 0.4) is 0 Å². The quantitative estimate of drug-likeness (QED) is 0.791. The number of halogens is 2. The van der Waals surface area contributed by atoms with Crippen molar-refractivity contribution in [1.82, 2.24) is 0 Å². The first kappa shape index (κ1) is 13.4. The minimum absolute atomic E-state index is 0.0725. The molecule has 0 spiro atoms. The van der Waals surface area contributed by atoms with Crippen LogP contribution in [0.1, 0.15) is 5.56 Å². The van der Waals surface area contributed by atoms with Gasteiger partial charge in [0.15, 0.2) is 0 Å². The zero-order chi connectivity index (χ0) is 14.8. The highest BCUT2D eigenvalue weighted by molar-refractivity contribution is 6.00. The number of urea groups is 1. The summed E-state index contributed by atoms with van der Waals surface area (Å²) in [6.07, 6.45) is 0.902. The summed E-state index contributed by atoms with van der Waals surface area (Å²) in [6.45, 7) is 0.881. The van der Waals surface area contributed by atoms with E-state index in [0.717, 1.165) is 36.3 Å². The standard InChI is InChI=1S/C15H13F2N3O/c16-10-1-3-14(12(17)8-10)20-15(21)19-11-2-4-13-9(7-11)5-6-18-13/h1-4,7-8,18H,5-6H2,(H2,19,20,21). The van der Waals surface area contributed by atoms with Gasteiger partial charge in [-0.05, 0) is 42.3 Å². The Bertz CT molecular complexity index is 703. The lowest BCUT2D eigenvalue weighted by molar-refractivity contribution is 0.262. The lowest BCUT2D eigenvalue weighted by Crippen LogP contribution is -2.20. The number of benzene rings is 2. The number of amides is 2. The lowest BCUT2D eigenvalue weighted by atomic mass is 10.1. The van der Waals surface area contributed by atoms with E-state index in [1.54, 1.807) is 6.07 Å². The molecule has 3 N–H and O–H groups in total. The molecule has 21 heavy (non-hydrogen) atoms. The summed E-state index contributed by atoms with van der Waals surface area (Å²) in [4.78, 5) is 11.8. The predicted octanol–water partition coefficient (Wildman–Crippen LogP) is 3.58. The number of anilines is 3. The minimum atomic E-state index is -0.816. The third-order valence-electron chi connectivity index (χ3n) is 3.25. The summed E-state index contributed by atoms with van der Waals surface area (Å²) in [5.74, 6) is -1.51. The van der Waals surface area contributed by atoms with Crippen molar-refractivity contribution in [3.05, 3.63) is 53.6 Å². The molecule has 0 bridgehead atoms. The highest BCUT2D eigenvalue weighted by atomic mass is 19.1. The zero-order valence-corrected chi connectivity index (χ0v) is 11.0. The lowest BCUT2D eigenvalue weighted by Gasteiger charge is -2.09. The van der Waals surface area contributed by atoms with Crippen LogP contribution in [0.15, 0.2) is 36.4 Å². The van der Waals surface area contributed by atoms with Gasteiger partial charge in [-0.1, -0.05) is 0 Å².